The Hall–Kier alpha value is -2.09. The smallest absolute Gasteiger partial charge is 0.252 e. The van der Waals surface area contributed by atoms with Crippen LogP contribution in [0.25, 0.3) is 0 Å². The molecule has 6 nitrogen and oxygen atoms in total. The summed E-state index contributed by atoms with van der Waals surface area (Å²) >= 11 is 3.44. The first kappa shape index (κ1) is 18.3. The lowest BCUT2D eigenvalue weighted by Gasteiger charge is -2.35. The molecule has 2 aliphatic heterocycles. The van der Waals surface area contributed by atoms with Gasteiger partial charge in [-0.05, 0) is 45.8 Å². The second kappa shape index (κ2) is 8.29. The first-order valence-corrected chi connectivity index (χ1v) is 9.76. The molecule has 1 amide bonds. The van der Waals surface area contributed by atoms with E-state index in [0.717, 1.165) is 34.6 Å². The molecule has 27 heavy (non-hydrogen) atoms. The van der Waals surface area contributed by atoms with Crippen molar-refractivity contribution in [2.45, 2.75) is 6.04 Å². The summed E-state index contributed by atoms with van der Waals surface area (Å²) in [5.41, 5.74) is 1.72. The lowest BCUT2D eigenvalue weighted by molar-refractivity contribution is 0.0162. The van der Waals surface area contributed by atoms with Gasteiger partial charge in [-0.25, -0.2) is 0 Å². The van der Waals surface area contributed by atoms with Crippen molar-refractivity contribution < 1.29 is 19.0 Å². The van der Waals surface area contributed by atoms with Crippen LogP contribution in [0.2, 0.25) is 0 Å². The van der Waals surface area contributed by atoms with Crippen LogP contribution < -0.4 is 14.8 Å². The van der Waals surface area contributed by atoms with E-state index in [2.05, 4.69) is 26.1 Å². The zero-order chi connectivity index (χ0) is 18.6. The topological polar surface area (TPSA) is 60.0 Å². The SMILES string of the molecule is O=C(NCC(c1ccc2c(c1)OCO2)N1CCOCC1)c1ccccc1Br. The van der Waals surface area contributed by atoms with Crippen LogP contribution in [-0.4, -0.2) is 50.4 Å². The fourth-order valence-corrected chi connectivity index (χ4v) is 3.86. The molecular weight excluding hydrogens is 412 g/mol. The maximum atomic E-state index is 12.6. The summed E-state index contributed by atoms with van der Waals surface area (Å²) in [6.07, 6.45) is 0. The number of carbonyl (C=O) groups is 1. The number of carbonyl (C=O) groups excluding carboxylic acids is 1. The summed E-state index contributed by atoms with van der Waals surface area (Å²) in [6, 6.07) is 13.4. The van der Waals surface area contributed by atoms with E-state index >= 15 is 0 Å². The van der Waals surface area contributed by atoms with Gasteiger partial charge >= 0.3 is 0 Å². The van der Waals surface area contributed by atoms with Gasteiger partial charge in [0.25, 0.3) is 5.91 Å². The number of nitrogens with zero attached hydrogens (tertiary/aromatic N) is 1. The molecule has 2 heterocycles. The summed E-state index contributed by atoms with van der Waals surface area (Å²) in [5, 5.41) is 3.08. The van der Waals surface area contributed by atoms with Crippen molar-refractivity contribution in [3.05, 3.63) is 58.1 Å². The van der Waals surface area contributed by atoms with Crippen LogP contribution in [0, 0.1) is 0 Å². The molecule has 4 rings (SSSR count). The molecule has 0 radical (unpaired) electrons. The van der Waals surface area contributed by atoms with E-state index in [0.29, 0.717) is 25.3 Å². The van der Waals surface area contributed by atoms with Crippen molar-refractivity contribution in [3.63, 3.8) is 0 Å². The van der Waals surface area contributed by atoms with Crippen molar-refractivity contribution in [3.8, 4) is 11.5 Å². The second-order valence-electron chi connectivity index (χ2n) is 6.47. The zero-order valence-corrected chi connectivity index (χ0v) is 16.4. The highest BCUT2D eigenvalue weighted by atomic mass is 79.9. The number of ether oxygens (including phenoxy) is 3. The van der Waals surface area contributed by atoms with Crippen molar-refractivity contribution in [2.75, 3.05) is 39.6 Å². The highest BCUT2D eigenvalue weighted by Gasteiger charge is 2.25. The molecule has 0 saturated carbocycles. The average Bonchev–Trinajstić information content (AvgIpc) is 3.17. The van der Waals surface area contributed by atoms with Gasteiger partial charge in [-0.2, -0.15) is 0 Å². The number of hydrogen-bond acceptors (Lipinski definition) is 5. The number of benzene rings is 2. The minimum Gasteiger partial charge on any atom is -0.454 e. The van der Waals surface area contributed by atoms with Gasteiger partial charge in [0.2, 0.25) is 6.79 Å². The van der Waals surface area contributed by atoms with Gasteiger partial charge in [-0.1, -0.05) is 18.2 Å². The molecular formula is C20H21BrN2O4. The molecule has 1 saturated heterocycles. The first-order chi connectivity index (χ1) is 13.2. The van der Waals surface area contributed by atoms with Crippen molar-refractivity contribution in [2.24, 2.45) is 0 Å². The van der Waals surface area contributed by atoms with Gasteiger partial charge in [0.05, 0.1) is 24.8 Å². The summed E-state index contributed by atoms with van der Waals surface area (Å²) in [5.74, 6) is 1.42. The maximum absolute atomic E-state index is 12.6. The Bertz CT molecular complexity index is 823. The highest BCUT2D eigenvalue weighted by Crippen LogP contribution is 2.35. The Morgan fingerprint density at radius 2 is 1.89 bits per heavy atom. The van der Waals surface area contributed by atoms with E-state index < -0.39 is 0 Å². The maximum Gasteiger partial charge on any atom is 0.252 e. The molecule has 1 N–H and O–H groups in total. The second-order valence-corrected chi connectivity index (χ2v) is 7.32. The van der Waals surface area contributed by atoms with Crippen LogP contribution in [0.4, 0.5) is 0 Å². The number of morpholine rings is 1. The quantitative estimate of drug-likeness (QED) is 0.786. The van der Waals surface area contributed by atoms with Crippen LogP contribution in [0.5, 0.6) is 11.5 Å². The minimum atomic E-state index is -0.0959. The Kier molecular flexibility index (Phi) is 5.61. The Labute approximate surface area is 166 Å². The molecule has 0 aromatic heterocycles. The normalized spacial score (nSPS) is 17.5. The molecule has 0 spiro atoms. The van der Waals surface area contributed by atoms with Crippen molar-refractivity contribution >= 4 is 21.8 Å². The minimum absolute atomic E-state index is 0.0369. The van der Waals surface area contributed by atoms with Gasteiger partial charge in [0.1, 0.15) is 0 Å². The van der Waals surface area contributed by atoms with Crippen LogP contribution in [-0.2, 0) is 4.74 Å². The monoisotopic (exact) mass is 432 g/mol. The molecule has 142 valence electrons. The van der Waals surface area contributed by atoms with E-state index in [1.807, 2.05) is 42.5 Å². The number of halogens is 1. The molecule has 1 fully saturated rings. The van der Waals surface area contributed by atoms with Gasteiger partial charge in [0, 0.05) is 24.1 Å². The van der Waals surface area contributed by atoms with E-state index in [4.69, 9.17) is 14.2 Å². The van der Waals surface area contributed by atoms with E-state index in [1.54, 1.807) is 0 Å². The van der Waals surface area contributed by atoms with E-state index in [9.17, 15) is 4.79 Å². The Morgan fingerprint density at radius 3 is 2.70 bits per heavy atom. The van der Waals surface area contributed by atoms with Gasteiger partial charge in [-0.15, -0.1) is 0 Å². The first-order valence-electron chi connectivity index (χ1n) is 8.96. The van der Waals surface area contributed by atoms with E-state index in [-0.39, 0.29) is 18.7 Å². The number of nitrogens with one attached hydrogen (secondary N) is 1. The molecule has 2 aliphatic rings. The zero-order valence-electron chi connectivity index (χ0n) is 14.8. The van der Waals surface area contributed by atoms with Crippen LogP contribution in [0.3, 0.4) is 0 Å². The van der Waals surface area contributed by atoms with Gasteiger partial charge in [-0.3, -0.25) is 9.69 Å². The third-order valence-corrected chi connectivity index (χ3v) is 5.53. The lowest BCUT2D eigenvalue weighted by atomic mass is 10.0. The largest absolute Gasteiger partial charge is 0.454 e. The lowest BCUT2D eigenvalue weighted by Crippen LogP contribution is -2.43. The number of amides is 1. The third kappa shape index (κ3) is 4.10. The molecule has 1 atom stereocenters. The Balaban J connectivity index is 1.53. The molecule has 0 bridgehead atoms. The van der Waals surface area contributed by atoms with E-state index in [1.165, 1.54) is 0 Å². The Morgan fingerprint density at radius 1 is 1.11 bits per heavy atom. The standard InChI is InChI=1S/C20H21BrN2O4/c21-16-4-2-1-3-15(16)20(24)22-12-17(23-7-9-25-10-8-23)14-5-6-18-19(11-14)27-13-26-18/h1-6,11,17H,7-10,12-13H2,(H,22,24). The third-order valence-electron chi connectivity index (χ3n) is 4.84. The van der Waals surface area contributed by atoms with Crippen LogP contribution >= 0.6 is 15.9 Å². The van der Waals surface area contributed by atoms with Crippen molar-refractivity contribution in [1.82, 2.24) is 10.2 Å². The fraction of sp³-hybridized carbons (Fsp3) is 0.350. The molecule has 7 heteroatoms. The number of fused-ring (bicyclic) bond motifs is 1. The van der Waals surface area contributed by atoms with Crippen molar-refractivity contribution in [1.29, 1.82) is 0 Å². The molecule has 2 aromatic rings. The highest BCUT2D eigenvalue weighted by molar-refractivity contribution is 9.10. The number of hydrogen-bond donors (Lipinski definition) is 1. The van der Waals surface area contributed by atoms with Gasteiger partial charge < -0.3 is 19.5 Å². The predicted molar refractivity (Wildman–Crippen MR) is 104 cm³/mol. The average molecular weight is 433 g/mol. The number of rotatable bonds is 5. The van der Waals surface area contributed by atoms with Crippen LogP contribution in [0.15, 0.2) is 46.9 Å². The summed E-state index contributed by atoms with van der Waals surface area (Å²) in [6.45, 7) is 3.78. The van der Waals surface area contributed by atoms with Crippen LogP contribution in [0.1, 0.15) is 22.0 Å². The molecule has 2 aromatic carbocycles. The summed E-state index contributed by atoms with van der Waals surface area (Å²) in [7, 11) is 0. The predicted octanol–water partition coefficient (Wildman–Crippen LogP) is 2.98. The fourth-order valence-electron chi connectivity index (χ4n) is 3.40. The molecule has 1 unspecified atom stereocenters. The van der Waals surface area contributed by atoms with Gasteiger partial charge in [0.15, 0.2) is 11.5 Å². The summed E-state index contributed by atoms with van der Waals surface area (Å²) < 4.78 is 17.2. The molecule has 0 aliphatic carbocycles. The summed E-state index contributed by atoms with van der Waals surface area (Å²) in [4.78, 5) is 15.0.